The lowest BCUT2D eigenvalue weighted by atomic mass is 9.87. The minimum absolute atomic E-state index is 0.138. The largest absolute Gasteiger partial charge is 0.422 e. The molecule has 0 rings (SSSR count). The van der Waals surface area contributed by atoms with E-state index in [9.17, 15) is 0 Å². The van der Waals surface area contributed by atoms with Crippen LogP contribution in [-0.2, 0) is 4.43 Å². The van der Waals surface area contributed by atoms with Crippen LogP contribution in [0.2, 0.25) is 0 Å². The topological polar surface area (TPSA) is 9.23 Å². The number of unbranched alkanes of at least 4 members (excludes halogenated alkanes) is 3. The van der Waals surface area contributed by atoms with Gasteiger partial charge in [-0.3, -0.25) is 0 Å². The predicted molar refractivity (Wildman–Crippen MR) is 72.2 cm³/mol. The molecule has 0 saturated carbocycles. The predicted octanol–water partition coefficient (Wildman–Crippen LogP) is 3.37. The average Bonchev–Trinajstić information content (AvgIpc) is 2.26. The molecule has 90 valence electrons. The SMILES string of the molecule is C=CCC(CCCC)(CCCCC)O[SiH3]. The second kappa shape index (κ2) is 9.17. The Morgan fingerprint density at radius 3 is 2.20 bits per heavy atom. The van der Waals surface area contributed by atoms with E-state index in [0.717, 1.165) is 16.9 Å². The van der Waals surface area contributed by atoms with Crippen molar-refractivity contribution in [3.05, 3.63) is 12.7 Å². The molecule has 0 saturated heterocycles. The van der Waals surface area contributed by atoms with E-state index >= 15 is 0 Å². The quantitative estimate of drug-likeness (QED) is 0.316. The summed E-state index contributed by atoms with van der Waals surface area (Å²) in [6, 6.07) is 0. The first-order chi connectivity index (χ1) is 7.24. The zero-order valence-electron chi connectivity index (χ0n) is 10.8. The van der Waals surface area contributed by atoms with E-state index in [1.165, 1.54) is 44.9 Å². The molecule has 0 amide bonds. The van der Waals surface area contributed by atoms with Gasteiger partial charge in [-0.05, 0) is 19.3 Å². The van der Waals surface area contributed by atoms with Crippen molar-refractivity contribution in [1.29, 1.82) is 0 Å². The zero-order valence-corrected chi connectivity index (χ0v) is 12.8. The molecule has 0 radical (unpaired) electrons. The fourth-order valence-electron chi connectivity index (χ4n) is 2.08. The summed E-state index contributed by atoms with van der Waals surface area (Å²) in [4.78, 5) is 0. The molecule has 0 aliphatic heterocycles. The summed E-state index contributed by atoms with van der Waals surface area (Å²) in [6.07, 6.45) is 11.9. The van der Waals surface area contributed by atoms with Crippen LogP contribution in [0.3, 0.4) is 0 Å². The van der Waals surface area contributed by atoms with Gasteiger partial charge in [0.1, 0.15) is 10.5 Å². The second-order valence-corrected chi connectivity index (χ2v) is 4.85. The van der Waals surface area contributed by atoms with E-state index in [1.807, 2.05) is 6.08 Å². The third-order valence-corrected chi connectivity index (χ3v) is 4.04. The molecule has 1 nitrogen and oxygen atoms in total. The van der Waals surface area contributed by atoms with Gasteiger partial charge in [-0.1, -0.05) is 52.0 Å². The molecular formula is C13H28OSi. The van der Waals surface area contributed by atoms with Crippen LogP contribution in [0.1, 0.15) is 65.2 Å². The lowest BCUT2D eigenvalue weighted by Gasteiger charge is -2.32. The van der Waals surface area contributed by atoms with Gasteiger partial charge in [0.15, 0.2) is 0 Å². The van der Waals surface area contributed by atoms with Crippen LogP contribution in [-0.4, -0.2) is 16.1 Å². The summed E-state index contributed by atoms with van der Waals surface area (Å²) < 4.78 is 5.89. The van der Waals surface area contributed by atoms with Crippen molar-refractivity contribution in [3.8, 4) is 0 Å². The van der Waals surface area contributed by atoms with Crippen molar-refractivity contribution in [2.24, 2.45) is 0 Å². The van der Waals surface area contributed by atoms with Crippen molar-refractivity contribution < 1.29 is 4.43 Å². The second-order valence-electron chi connectivity index (χ2n) is 4.44. The maximum absolute atomic E-state index is 5.89. The van der Waals surface area contributed by atoms with Crippen molar-refractivity contribution in [1.82, 2.24) is 0 Å². The Bertz CT molecular complexity index is 159. The van der Waals surface area contributed by atoms with Gasteiger partial charge < -0.3 is 4.43 Å². The fraction of sp³-hybridized carbons (Fsp3) is 0.846. The molecular weight excluding hydrogens is 200 g/mol. The highest BCUT2D eigenvalue weighted by Gasteiger charge is 2.26. The Balaban J connectivity index is 4.14. The molecule has 2 heteroatoms. The summed E-state index contributed by atoms with van der Waals surface area (Å²) >= 11 is 0. The van der Waals surface area contributed by atoms with E-state index in [-0.39, 0.29) is 5.60 Å². The molecule has 0 bridgehead atoms. The van der Waals surface area contributed by atoms with E-state index in [4.69, 9.17) is 4.43 Å². The van der Waals surface area contributed by atoms with Crippen molar-refractivity contribution in [3.63, 3.8) is 0 Å². The lowest BCUT2D eigenvalue weighted by molar-refractivity contribution is 0.0580. The summed E-state index contributed by atoms with van der Waals surface area (Å²) in [6.45, 7) is 8.37. The molecule has 0 aliphatic rings. The maximum atomic E-state index is 5.89. The van der Waals surface area contributed by atoms with Gasteiger partial charge in [-0.2, -0.15) is 0 Å². The Morgan fingerprint density at radius 2 is 1.73 bits per heavy atom. The third-order valence-electron chi connectivity index (χ3n) is 3.17. The normalized spacial score (nSPS) is 15.1. The summed E-state index contributed by atoms with van der Waals surface area (Å²) in [5.41, 5.74) is 0.138. The van der Waals surface area contributed by atoms with Crippen LogP contribution in [0, 0.1) is 0 Å². The molecule has 0 aliphatic carbocycles. The summed E-state index contributed by atoms with van der Waals surface area (Å²) in [5.74, 6) is 0. The lowest BCUT2D eigenvalue weighted by Crippen LogP contribution is -2.31. The molecule has 15 heavy (non-hydrogen) atoms. The van der Waals surface area contributed by atoms with Crippen LogP contribution in [0.4, 0.5) is 0 Å². The van der Waals surface area contributed by atoms with Crippen LogP contribution in [0.5, 0.6) is 0 Å². The highest BCUT2D eigenvalue weighted by molar-refractivity contribution is 5.98. The van der Waals surface area contributed by atoms with Crippen LogP contribution in [0.25, 0.3) is 0 Å². The molecule has 0 heterocycles. The molecule has 0 aromatic carbocycles. The first kappa shape index (κ1) is 14.9. The fourth-order valence-corrected chi connectivity index (χ4v) is 2.65. The summed E-state index contributed by atoms with van der Waals surface area (Å²) in [5, 5.41) is 0. The molecule has 1 atom stereocenters. The van der Waals surface area contributed by atoms with E-state index in [1.54, 1.807) is 0 Å². The average molecular weight is 228 g/mol. The van der Waals surface area contributed by atoms with Gasteiger partial charge in [-0.15, -0.1) is 6.58 Å². The van der Waals surface area contributed by atoms with Gasteiger partial charge in [0, 0.05) is 0 Å². The van der Waals surface area contributed by atoms with Gasteiger partial charge in [0.2, 0.25) is 0 Å². The molecule has 0 aromatic rings. The Labute approximate surface area is 98.8 Å². The third kappa shape index (κ3) is 6.16. The maximum Gasteiger partial charge on any atom is 0.146 e. The smallest absolute Gasteiger partial charge is 0.146 e. The first-order valence-corrected chi connectivity index (χ1v) is 7.22. The Kier molecular flexibility index (Phi) is 9.11. The van der Waals surface area contributed by atoms with Crippen LogP contribution >= 0.6 is 0 Å². The highest BCUT2D eigenvalue weighted by atomic mass is 28.2. The highest BCUT2D eigenvalue weighted by Crippen LogP contribution is 2.29. The minimum atomic E-state index is 0.138. The summed E-state index contributed by atoms with van der Waals surface area (Å²) in [7, 11) is 0.848. The molecule has 0 N–H and O–H groups in total. The standard InChI is InChI=1S/C13H28OSi/c1-4-7-9-12-13(14-15,10-6-3)11-8-5-2/h6H,3-5,7-12H2,1-2,15H3. The first-order valence-electron chi connectivity index (χ1n) is 6.40. The van der Waals surface area contributed by atoms with E-state index < -0.39 is 0 Å². The van der Waals surface area contributed by atoms with E-state index in [2.05, 4.69) is 20.4 Å². The number of hydrogen-bond acceptors (Lipinski definition) is 1. The van der Waals surface area contributed by atoms with Crippen molar-refractivity contribution >= 4 is 10.5 Å². The number of rotatable bonds is 10. The van der Waals surface area contributed by atoms with Gasteiger partial charge in [-0.25, -0.2) is 0 Å². The zero-order chi connectivity index (χ0) is 11.6. The monoisotopic (exact) mass is 228 g/mol. The van der Waals surface area contributed by atoms with Crippen molar-refractivity contribution in [2.75, 3.05) is 0 Å². The van der Waals surface area contributed by atoms with Gasteiger partial charge in [0.25, 0.3) is 0 Å². The Hall–Kier alpha value is -0.0831. The molecule has 0 aromatic heterocycles. The molecule has 1 unspecified atom stereocenters. The van der Waals surface area contributed by atoms with E-state index in [0.29, 0.717) is 0 Å². The minimum Gasteiger partial charge on any atom is -0.422 e. The van der Waals surface area contributed by atoms with Gasteiger partial charge >= 0.3 is 0 Å². The molecule has 0 fully saturated rings. The van der Waals surface area contributed by atoms with Crippen LogP contribution < -0.4 is 0 Å². The van der Waals surface area contributed by atoms with Crippen LogP contribution in [0.15, 0.2) is 12.7 Å². The number of hydrogen-bond donors (Lipinski definition) is 0. The Morgan fingerprint density at radius 1 is 1.13 bits per heavy atom. The molecule has 0 spiro atoms. The van der Waals surface area contributed by atoms with Gasteiger partial charge in [0.05, 0.1) is 5.60 Å². The van der Waals surface area contributed by atoms with Crippen molar-refractivity contribution in [2.45, 2.75) is 70.8 Å².